The minimum atomic E-state index is -0.0685. The third-order valence-corrected chi connectivity index (χ3v) is 2.52. The van der Waals surface area contributed by atoms with Gasteiger partial charge in [0.25, 0.3) is 0 Å². The Labute approximate surface area is 77.1 Å². The molecule has 2 heterocycles. The van der Waals surface area contributed by atoms with Crippen LogP contribution in [0.15, 0.2) is 23.0 Å². The first-order valence-corrected chi connectivity index (χ1v) is 4.50. The van der Waals surface area contributed by atoms with E-state index in [4.69, 9.17) is 4.42 Å². The summed E-state index contributed by atoms with van der Waals surface area (Å²) in [5.41, 5.74) is 1.07. The van der Waals surface area contributed by atoms with Crippen molar-refractivity contribution in [2.75, 3.05) is 0 Å². The third-order valence-electron chi connectivity index (χ3n) is 2.52. The summed E-state index contributed by atoms with van der Waals surface area (Å²) in [7, 11) is 0. The van der Waals surface area contributed by atoms with Crippen molar-refractivity contribution < 1.29 is 9.21 Å². The van der Waals surface area contributed by atoms with E-state index in [1.54, 1.807) is 12.5 Å². The average Bonchev–Trinajstić information content (AvgIpc) is 2.62. The highest BCUT2D eigenvalue weighted by atomic mass is 16.3. The van der Waals surface area contributed by atoms with E-state index < -0.39 is 0 Å². The van der Waals surface area contributed by atoms with Crippen LogP contribution in [0.25, 0.3) is 0 Å². The quantitative estimate of drug-likeness (QED) is 0.747. The molecule has 3 heteroatoms. The van der Waals surface area contributed by atoms with Gasteiger partial charge in [-0.1, -0.05) is 0 Å². The zero-order valence-electron chi connectivity index (χ0n) is 7.67. The Morgan fingerprint density at radius 2 is 2.54 bits per heavy atom. The second-order valence-corrected chi connectivity index (χ2v) is 3.92. The van der Waals surface area contributed by atoms with E-state index in [2.05, 4.69) is 12.2 Å². The molecule has 1 unspecified atom stereocenters. The number of hydrogen-bond donors (Lipinski definition) is 1. The van der Waals surface area contributed by atoms with Gasteiger partial charge in [0.15, 0.2) is 0 Å². The number of rotatable bonds is 2. The van der Waals surface area contributed by atoms with Gasteiger partial charge >= 0.3 is 0 Å². The maximum Gasteiger partial charge on any atom is 0.220 e. The van der Waals surface area contributed by atoms with Gasteiger partial charge in [-0.3, -0.25) is 4.79 Å². The average molecular weight is 179 g/mol. The Kier molecular flexibility index (Phi) is 1.87. The van der Waals surface area contributed by atoms with Crippen molar-refractivity contribution in [2.24, 2.45) is 0 Å². The highest BCUT2D eigenvalue weighted by Gasteiger charge is 2.32. The summed E-state index contributed by atoms with van der Waals surface area (Å²) in [5, 5.41) is 2.99. The van der Waals surface area contributed by atoms with Crippen LogP contribution in [0.5, 0.6) is 0 Å². The van der Waals surface area contributed by atoms with Crippen molar-refractivity contribution in [1.82, 2.24) is 5.32 Å². The predicted octanol–water partition coefficient (Wildman–Crippen LogP) is 1.49. The Morgan fingerprint density at radius 3 is 3.08 bits per heavy atom. The lowest BCUT2D eigenvalue weighted by atomic mass is 9.93. The smallest absolute Gasteiger partial charge is 0.220 e. The van der Waals surface area contributed by atoms with Gasteiger partial charge in [0, 0.05) is 12.0 Å². The fraction of sp³-hybridized carbons (Fsp3) is 0.500. The van der Waals surface area contributed by atoms with Gasteiger partial charge in [-0.05, 0) is 31.4 Å². The van der Waals surface area contributed by atoms with E-state index in [0.29, 0.717) is 6.42 Å². The molecule has 70 valence electrons. The molecular formula is C10H13NO2. The topological polar surface area (TPSA) is 42.2 Å². The second kappa shape index (κ2) is 2.91. The van der Waals surface area contributed by atoms with Crippen LogP contribution in [0.2, 0.25) is 0 Å². The SMILES string of the molecule is CC1(Cc2ccoc2)CCC(=O)N1. The molecule has 1 atom stereocenters. The summed E-state index contributed by atoms with van der Waals surface area (Å²) in [4.78, 5) is 11.1. The van der Waals surface area contributed by atoms with Gasteiger partial charge in [-0.15, -0.1) is 0 Å². The van der Waals surface area contributed by atoms with Crippen LogP contribution in [0.3, 0.4) is 0 Å². The maximum absolute atomic E-state index is 11.1. The van der Waals surface area contributed by atoms with E-state index >= 15 is 0 Å². The molecule has 1 N–H and O–H groups in total. The molecule has 1 saturated heterocycles. The predicted molar refractivity (Wildman–Crippen MR) is 48.2 cm³/mol. The molecule has 0 radical (unpaired) electrons. The third kappa shape index (κ3) is 1.74. The fourth-order valence-electron chi connectivity index (χ4n) is 1.83. The van der Waals surface area contributed by atoms with E-state index in [-0.39, 0.29) is 11.4 Å². The van der Waals surface area contributed by atoms with E-state index in [1.807, 2.05) is 6.07 Å². The Morgan fingerprint density at radius 1 is 1.69 bits per heavy atom. The van der Waals surface area contributed by atoms with Crippen LogP contribution in [-0.4, -0.2) is 11.4 Å². The zero-order valence-corrected chi connectivity index (χ0v) is 7.67. The Hall–Kier alpha value is -1.25. The van der Waals surface area contributed by atoms with Crippen molar-refractivity contribution in [3.63, 3.8) is 0 Å². The van der Waals surface area contributed by atoms with Crippen molar-refractivity contribution in [3.8, 4) is 0 Å². The monoisotopic (exact) mass is 179 g/mol. The first-order chi connectivity index (χ1) is 6.18. The maximum atomic E-state index is 11.1. The van der Waals surface area contributed by atoms with Crippen LogP contribution < -0.4 is 5.32 Å². The number of hydrogen-bond acceptors (Lipinski definition) is 2. The van der Waals surface area contributed by atoms with Crippen molar-refractivity contribution in [2.45, 2.75) is 31.7 Å². The fourth-order valence-corrected chi connectivity index (χ4v) is 1.83. The van der Waals surface area contributed by atoms with Crippen LogP contribution in [-0.2, 0) is 11.2 Å². The van der Waals surface area contributed by atoms with Crippen LogP contribution in [0.1, 0.15) is 25.3 Å². The van der Waals surface area contributed by atoms with Gasteiger partial charge in [0.1, 0.15) is 0 Å². The van der Waals surface area contributed by atoms with Crippen molar-refractivity contribution in [3.05, 3.63) is 24.2 Å². The Bertz CT molecular complexity index is 305. The number of carbonyl (C=O) groups excluding carboxylic acids is 1. The first kappa shape index (κ1) is 8.35. The molecule has 0 saturated carbocycles. The van der Waals surface area contributed by atoms with Gasteiger partial charge in [0.05, 0.1) is 12.5 Å². The minimum absolute atomic E-state index is 0.0685. The highest BCUT2D eigenvalue weighted by Crippen LogP contribution is 2.24. The summed E-state index contributed by atoms with van der Waals surface area (Å²) in [6.07, 6.45) is 5.81. The van der Waals surface area contributed by atoms with Crippen molar-refractivity contribution in [1.29, 1.82) is 0 Å². The lowest BCUT2D eigenvalue weighted by molar-refractivity contribution is -0.119. The molecule has 2 rings (SSSR count). The standard InChI is InChI=1S/C10H13NO2/c1-10(4-2-9(12)11-10)6-8-3-5-13-7-8/h3,5,7H,2,4,6H2,1H3,(H,11,12). The highest BCUT2D eigenvalue weighted by molar-refractivity contribution is 5.79. The minimum Gasteiger partial charge on any atom is -0.472 e. The summed E-state index contributed by atoms with van der Waals surface area (Å²) < 4.78 is 4.98. The van der Waals surface area contributed by atoms with Gasteiger partial charge in [-0.25, -0.2) is 0 Å². The second-order valence-electron chi connectivity index (χ2n) is 3.92. The van der Waals surface area contributed by atoms with E-state index in [1.165, 1.54) is 0 Å². The zero-order chi connectivity index (χ0) is 9.31. The molecule has 1 aromatic rings. The molecular weight excluding hydrogens is 166 g/mol. The molecule has 1 aliphatic heterocycles. The van der Waals surface area contributed by atoms with E-state index in [9.17, 15) is 4.79 Å². The summed E-state index contributed by atoms with van der Waals surface area (Å²) in [5.74, 6) is 0.158. The van der Waals surface area contributed by atoms with Gasteiger partial charge in [0.2, 0.25) is 5.91 Å². The lowest BCUT2D eigenvalue weighted by Crippen LogP contribution is -2.40. The molecule has 0 bridgehead atoms. The molecule has 0 aromatic carbocycles. The lowest BCUT2D eigenvalue weighted by Gasteiger charge is -2.22. The molecule has 13 heavy (non-hydrogen) atoms. The normalized spacial score (nSPS) is 27.6. The summed E-state index contributed by atoms with van der Waals surface area (Å²) in [6, 6.07) is 1.94. The summed E-state index contributed by atoms with van der Waals surface area (Å²) >= 11 is 0. The number of furan rings is 1. The molecule has 0 spiro atoms. The van der Waals surface area contributed by atoms with Crippen LogP contribution in [0, 0.1) is 0 Å². The van der Waals surface area contributed by atoms with Gasteiger partial charge in [-0.2, -0.15) is 0 Å². The molecule has 1 amide bonds. The molecule has 1 aliphatic rings. The first-order valence-electron chi connectivity index (χ1n) is 4.50. The largest absolute Gasteiger partial charge is 0.472 e. The molecule has 3 nitrogen and oxygen atoms in total. The Balaban J connectivity index is 2.05. The molecule has 1 fully saturated rings. The van der Waals surface area contributed by atoms with E-state index in [0.717, 1.165) is 18.4 Å². The number of carbonyl (C=O) groups is 1. The van der Waals surface area contributed by atoms with Crippen LogP contribution >= 0.6 is 0 Å². The molecule has 1 aromatic heterocycles. The number of amides is 1. The summed E-state index contributed by atoms with van der Waals surface area (Å²) in [6.45, 7) is 2.07. The van der Waals surface area contributed by atoms with Crippen molar-refractivity contribution >= 4 is 5.91 Å². The number of nitrogens with one attached hydrogen (secondary N) is 1. The van der Waals surface area contributed by atoms with Gasteiger partial charge < -0.3 is 9.73 Å². The van der Waals surface area contributed by atoms with Crippen LogP contribution in [0.4, 0.5) is 0 Å². The molecule has 0 aliphatic carbocycles.